The summed E-state index contributed by atoms with van der Waals surface area (Å²) in [5.41, 5.74) is 3.05. The van der Waals surface area contributed by atoms with Gasteiger partial charge in [0.25, 0.3) is 15.9 Å². The molecule has 4 rings (SSSR count). The molecule has 32 heavy (non-hydrogen) atoms. The number of halogens is 1. The predicted octanol–water partition coefficient (Wildman–Crippen LogP) is 3.96. The third-order valence-electron chi connectivity index (χ3n) is 5.29. The van der Waals surface area contributed by atoms with E-state index in [9.17, 15) is 17.6 Å². The first-order valence-corrected chi connectivity index (χ1v) is 11.7. The number of nitrogens with zero attached hydrogens (tertiary/aromatic N) is 2. The number of aromatic nitrogens is 1. The summed E-state index contributed by atoms with van der Waals surface area (Å²) in [6.45, 7) is 4.28. The fourth-order valence-electron chi connectivity index (χ4n) is 3.76. The Balaban J connectivity index is 1.57. The Hall–Kier alpha value is -3.46. The molecule has 0 atom stereocenters. The zero-order chi connectivity index (χ0) is 22.9. The van der Waals surface area contributed by atoms with Crippen LogP contribution in [-0.2, 0) is 10.0 Å². The standard InChI is InChI=1S/C23H23FN4O3S/c1-15-13-21(16(2)28(15)19-10-8-17(24)9-11-19)23(29)26-18-5-3-6-20(14-18)32(30,31)27-22-7-4-12-25-22/h3,5-6,8-11,13-14H,4,7,12H2,1-2H3,(H,25,27)(H,26,29). The highest BCUT2D eigenvalue weighted by Gasteiger charge is 2.20. The van der Waals surface area contributed by atoms with Crippen molar-refractivity contribution in [3.63, 3.8) is 0 Å². The zero-order valence-electron chi connectivity index (χ0n) is 17.7. The van der Waals surface area contributed by atoms with Gasteiger partial charge in [-0.25, -0.2) is 12.8 Å². The highest BCUT2D eigenvalue weighted by atomic mass is 32.2. The van der Waals surface area contributed by atoms with E-state index in [4.69, 9.17) is 0 Å². The molecule has 0 aliphatic carbocycles. The number of carbonyl (C=O) groups excluding carboxylic acids is 1. The van der Waals surface area contributed by atoms with E-state index in [0.717, 1.165) is 17.8 Å². The van der Waals surface area contributed by atoms with Crippen molar-refractivity contribution >= 4 is 27.5 Å². The van der Waals surface area contributed by atoms with E-state index in [2.05, 4.69) is 15.0 Å². The molecule has 2 aromatic carbocycles. The molecule has 3 aromatic rings. The van der Waals surface area contributed by atoms with Crippen LogP contribution in [0.2, 0.25) is 0 Å². The Labute approximate surface area is 186 Å². The number of aryl methyl sites for hydroxylation is 1. The van der Waals surface area contributed by atoms with E-state index in [0.29, 0.717) is 35.7 Å². The van der Waals surface area contributed by atoms with Gasteiger partial charge < -0.3 is 9.88 Å². The second kappa shape index (κ2) is 8.58. The van der Waals surface area contributed by atoms with Crippen LogP contribution in [0.1, 0.15) is 34.6 Å². The molecule has 0 radical (unpaired) electrons. The molecular formula is C23H23FN4O3S. The van der Waals surface area contributed by atoms with E-state index >= 15 is 0 Å². The third-order valence-corrected chi connectivity index (χ3v) is 6.67. The highest BCUT2D eigenvalue weighted by molar-refractivity contribution is 7.90. The van der Waals surface area contributed by atoms with E-state index in [1.807, 2.05) is 11.5 Å². The van der Waals surface area contributed by atoms with Crippen LogP contribution in [0.4, 0.5) is 10.1 Å². The molecule has 0 spiro atoms. The Morgan fingerprint density at radius 2 is 1.84 bits per heavy atom. The highest BCUT2D eigenvalue weighted by Crippen LogP contribution is 2.23. The minimum Gasteiger partial charge on any atom is -0.322 e. The lowest BCUT2D eigenvalue weighted by Crippen LogP contribution is -2.29. The molecule has 0 bridgehead atoms. The molecule has 2 heterocycles. The molecule has 9 heteroatoms. The topological polar surface area (TPSA) is 92.6 Å². The Bertz CT molecular complexity index is 1310. The van der Waals surface area contributed by atoms with Crippen molar-refractivity contribution < 1.29 is 17.6 Å². The van der Waals surface area contributed by atoms with Gasteiger partial charge in [0, 0.05) is 35.7 Å². The molecule has 166 valence electrons. The SMILES string of the molecule is Cc1cc(C(=O)Nc2cccc(S(=O)(=O)NC3=NCCC3)c2)c(C)n1-c1ccc(F)cc1. The van der Waals surface area contributed by atoms with Crippen LogP contribution in [0.3, 0.4) is 0 Å². The molecule has 0 fully saturated rings. The quantitative estimate of drug-likeness (QED) is 0.611. The summed E-state index contributed by atoms with van der Waals surface area (Å²) in [7, 11) is -3.78. The Morgan fingerprint density at radius 1 is 1.09 bits per heavy atom. The molecule has 0 saturated heterocycles. The van der Waals surface area contributed by atoms with Crippen molar-refractivity contribution in [3.05, 3.63) is 77.4 Å². The number of aliphatic imine (C=N–C) groups is 1. The molecule has 1 aliphatic rings. The number of hydrogen-bond acceptors (Lipinski definition) is 4. The molecule has 0 unspecified atom stereocenters. The van der Waals surface area contributed by atoms with Crippen LogP contribution >= 0.6 is 0 Å². The number of benzene rings is 2. The molecule has 1 aromatic heterocycles. The zero-order valence-corrected chi connectivity index (χ0v) is 18.5. The van der Waals surface area contributed by atoms with Crippen molar-refractivity contribution in [2.75, 3.05) is 11.9 Å². The van der Waals surface area contributed by atoms with Gasteiger partial charge >= 0.3 is 0 Å². The summed E-state index contributed by atoms with van der Waals surface area (Å²) in [4.78, 5) is 17.1. The van der Waals surface area contributed by atoms with Crippen molar-refractivity contribution in [1.29, 1.82) is 0 Å². The fourth-order valence-corrected chi connectivity index (χ4v) is 4.89. The van der Waals surface area contributed by atoms with Crippen LogP contribution in [-0.4, -0.2) is 31.3 Å². The molecular weight excluding hydrogens is 431 g/mol. The van der Waals surface area contributed by atoms with Crippen molar-refractivity contribution in [1.82, 2.24) is 9.29 Å². The second-order valence-electron chi connectivity index (χ2n) is 7.62. The minimum absolute atomic E-state index is 0.0432. The number of hydrogen-bond donors (Lipinski definition) is 2. The number of nitrogens with one attached hydrogen (secondary N) is 2. The van der Waals surface area contributed by atoms with Gasteiger partial charge in [0.1, 0.15) is 11.7 Å². The van der Waals surface area contributed by atoms with Crippen LogP contribution in [0.5, 0.6) is 0 Å². The summed E-state index contributed by atoms with van der Waals surface area (Å²) in [5.74, 6) is -0.250. The first-order chi connectivity index (χ1) is 15.2. The monoisotopic (exact) mass is 454 g/mol. The van der Waals surface area contributed by atoms with E-state index in [-0.39, 0.29) is 16.6 Å². The number of carbonyl (C=O) groups is 1. The van der Waals surface area contributed by atoms with Crippen molar-refractivity contribution in [2.24, 2.45) is 4.99 Å². The largest absolute Gasteiger partial charge is 0.322 e. The summed E-state index contributed by atoms with van der Waals surface area (Å²) in [5, 5.41) is 2.77. The first-order valence-electron chi connectivity index (χ1n) is 10.2. The lowest BCUT2D eigenvalue weighted by Gasteiger charge is -2.11. The van der Waals surface area contributed by atoms with Crippen LogP contribution in [0.15, 0.2) is 64.5 Å². The maximum absolute atomic E-state index is 13.3. The molecule has 7 nitrogen and oxygen atoms in total. The van der Waals surface area contributed by atoms with Gasteiger partial charge in [0.2, 0.25) is 0 Å². The fraction of sp³-hybridized carbons (Fsp3) is 0.217. The first kappa shape index (κ1) is 21.8. The molecule has 1 amide bonds. The van der Waals surface area contributed by atoms with Gasteiger partial charge in [-0.3, -0.25) is 14.5 Å². The normalized spacial score (nSPS) is 13.7. The minimum atomic E-state index is -3.78. The average molecular weight is 455 g/mol. The number of anilines is 1. The number of amidine groups is 1. The second-order valence-corrected chi connectivity index (χ2v) is 9.30. The van der Waals surface area contributed by atoms with Gasteiger partial charge in [-0.2, -0.15) is 0 Å². The number of rotatable bonds is 5. The van der Waals surface area contributed by atoms with Crippen molar-refractivity contribution in [2.45, 2.75) is 31.6 Å². The van der Waals surface area contributed by atoms with E-state index in [1.54, 1.807) is 37.3 Å². The predicted molar refractivity (Wildman–Crippen MR) is 121 cm³/mol. The summed E-state index contributed by atoms with van der Waals surface area (Å²) in [6.07, 6.45) is 1.42. The summed E-state index contributed by atoms with van der Waals surface area (Å²) in [6, 6.07) is 13.8. The van der Waals surface area contributed by atoms with Gasteiger partial charge in [-0.05, 0) is 68.8 Å². The van der Waals surface area contributed by atoms with Crippen LogP contribution < -0.4 is 10.0 Å². The lowest BCUT2D eigenvalue weighted by molar-refractivity contribution is 0.102. The maximum Gasteiger partial charge on any atom is 0.262 e. The van der Waals surface area contributed by atoms with Gasteiger partial charge in [-0.1, -0.05) is 6.07 Å². The summed E-state index contributed by atoms with van der Waals surface area (Å²) >= 11 is 0. The summed E-state index contributed by atoms with van der Waals surface area (Å²) < 4.78 is 42.9. The molecule has 0 saturated carbocycles. The average Bonchev–Trinajstić information content (AvgIpc) is 3.36. The number of sulfonamides is 1. The third kappa shape index (κ3) is 4.43. The van der Waals surface area contributed by atoms with Gasteiger partial charge in [0.15, 0.2) is 0 Å². The Morgan fingerprint density at radius 3 is 2.53 bits per heavy atom. The van der Waals surface area contributed by atoms with Crippen LogP contribution in [0.25, 0.3) is 5.69 Å². The Kier molecular flexibility index (Phi) is 5.84. The van der Waals surface area contributed by atoms with Gasteiger partial charge in [0.05, 0.1) is 10.5 Å². The lowest BCUT2D eigenvalue weighted by atomic mass is 10.2. The maximum atomic E-state index is 13.3. The molecule has 2 N–H and O–H groups in total. The van der Waals surface area contributed by atoms with E-state index in [1.165, 1.54) is 24.3 Å². The molecule has 1 aliphatic heterocycles. The number of amides is 1. The smallest absolute Gasteiger partial charge is 0.262 e. The van der Waals surface area contributed by atoms with E-state index < -0.39 is 10.0 Å². The van der Waals surface area contributed by atoms with Gasteiger partial charge in [-0.15, -0.1) is 0 Å². The van der Waals surface area contributed by atoms with Crippen LogP contribution in [0, 0.1) is 19.7 Å². The van der Waals surface area contributed by atoms with Crippen molar-refractivity contribution in [3.8, 4) is 5.69 Å².